The number of aryl methyl sites for hydroxylation is 2. The molecule has 0 unspecified atom stereocenters. The van der Waals surface area contributed by atoms with Crippen molar-refractivity contribution in [2.24, 2.45) is 0 Å². The van der Waals surface area contributed by atoms with E-state index in [2.05, 4.69) is 10.5 Å². The number of nitrogens with zero attached hydrogens (tertiary/aromatic N) is 1. The summed E-state index contributed by atoms with van der Waals surface area (Å²) >= 11 is 0. The Morgan fingerprint density at radius 1 is 1.60 bits per heavy atom. The van der Waals surface area contributed by atoms with Crippen LogP contribution >= 0.6 is 0 Å². The molecule has 1 N–H and O–H groups in total. The summed E-state index contributed by atoms with van der Waals surface area (Å²) in [5.74, 6) is 0.598. The Morgan fingerprint density at radius 3 is 2.70 bits per heavy atom. The van der Waals surface area contributed by atoms with Gasteiger partial charge in [-0.1, -0.05) is 5.16 Å². The van der Waals surface area contributed by atoms with E-state index >= 15 is 0 Å². The van der Waals surface area contributed by atoms with Gasteiger partial charge in [-0.3, -0.25) is 4.79 Å². The molecule has 0 aromatic carbocycles. The van der Waals surface area contributed by atoms with Crippen molar-refractivity contribution >= 4 is 12.1 Å². The average molecular weight is 139 g/mol. The summed E-state index contributed by atoms with van der Waals surface area (Å²) < 4.78 is 4.76. The standard InChI is InChI=1S/C6H7N2O2/c1-4-6(7-3-9)5(2)10-8-4/h1-2H3,(H,7,9). The van der Waals surface area contributed by atoms with Gasteiger partial charge in [-0.2, -0.15) is 0 Å². The summed E-state index contributed by atoms with van der Waals surface area (Å²) in [4.78, 5) is 9.87. The van der Waals surface area contributed by atoms with Crippen molar-refractivity contribution in [3.8, 4) is 0 Å². The molecule has 1 heterocycles. The Labute approximate surface area is 58.2 Å². The third-order valence-corrected chi connectivity index (χ3v) is 1.21. The first kappa shape index (κ1) is 6.80. The van der Waals surface area contributed by atoms with Gasteiger partial charge in [0, 0.05) is 0 Å². The molecular weight excluding hydrogens is 132 g/mol. The van der Waals surface area contributed by atoms with Gasteiger partial charge in [0.15, 0.2) is 5.76 Å². The van der Waals surface area contributed by atoms with E-state index < -0.39 is 0 Å². The summed E-state index contributed by atoms with van der Waals surface area (Å²) in [6, 6.07) is 0. The molecule has 1 radical (unpaired) electrons. The van der Waals surface area contributed by atoms with Crippen LogP contribution in [0.3, 0.4) is 0 Å². The van der Waals surface area contributed by atoms with Crippen molar-refractivity contribution in [3.63, 3.8) is 0 Å². The highest BCUT2D eigenvalue weighted by atomic mass is 16.5. The van der Waals surface area contributed by atoms with Gasteiger partial charge in [-0.25, -0.2) is 0 Å². The highest BCUT2D eigenvalue weighted by Gasteiger charge is 2.06. The van der Waals surface area contributed by atoms with Crippen LogP contribution in [0.15, 0.2) is 4.52 Å². The molecule has 0 aliphatic rings. The van der Waals surface area contributed by atoms with E-state index in [1.807, 2.05) is 0 Å². The minimum atomic E-state index is 0.598. The topological polar surface area (TPSA) is 55.1 Å². The van der Waals surface area contributed by atoms with E-state index in [1.54, 1.807) is 20.3 Å². The monoisotopic (exact) mass is 139 g/mol. The quantitative estimate of drug-likeness (QED) is 0.615. The molecule has 53 valence electrons. The SMILES string of the molecule is Cc1noc(C)c1N[C]=O. The van der Waals surface area contributed by atoms with Crippen LogP contribution in [-0.4, -0.2) is 11.6 Å². The molecule has 4 heteroatoms. The summed E-state index contributed by atoms with van der Waals surface area (Å²) in [5, 5.41) is 5.98. The lowest BCUT2D eigenvalue weighted by atomic mass is 10.3. The van der Waals surface area contributed by atoms with Gasteiger partial charge in [-0.15, -0.1) is 0 Å². The zero-order valence-electron chi connectivity index (χ0n) is 5.76. The zero-order chi connectivity index (χ0) is 7.56. The minimum absolute atomic E-state index is 0.598. The van der Waals surface area contributed by atoms with Crippen LogP contribution in [0.5, 0.6) is 0 Å². The van der Waals surface area contributed by atoms with Gasteiger partial charge < -0.3 is 9.84 Å². The first-order valence-electron chi connectivity index (χ1n) is 2.81. The lowest BCUT2D eigenvalue weighted by Crippen LogP contribution is -1.95. The lowest BCUT2D eigenvalue weighted by Gasteiger charge is -1.90. The van der Waals surface area contributed by atoms with Gasteiger partial charge >= 0.3 is 6.41 Å². The molecular formula is C6H7N2O2. The first-order chi connectivity index (χ1) is 4.75. The molecule has 0 saturated heterocycles. The molecule has 1 aromatic rings. The fraction of sp³-hybridized carbons (Fsp3) is 0.333. The third kappa shape index (κ3) is 1.00. The predicted molar refractivity (Wildman–Crippen MR) is 35.3 cm³/mol. The Hall–Kier alpha value is -1.32. The fourth-order valence-electron chi connectivity index (χ4n) is 0.712. The van der Waals surface area contributed by atoms with Gasteiger partial charge in [0.2, 0.25) is 0 Å². The average Bonchev–Trinajstić information content (AvgIpc) is 2.20. The zero-order valence-corrected chi connectivity index (χ0v) is 5.76. The number of amides is 1. The third-order valence-electron chi connectivity index (χ3n) is 1.21. The number of anilines is 1. The van der Waals surface area contributed by atoms with E-state index in [-0.39, 0.29) is 0 Å². The summed E-state index contributed by atoms with van der Waals surface area (Å²) in [6.45, 7) is 3.47. The maximum absolute atomic E-state index is 9.87. The van der Waals surface area contributed by atoms with Gasteiger partial charge in [0.05, 0.1) is 0 Å². The fourth-order valence-corrected chi connectivity index (χ4v) is 0.712. The van der Waals surface area contributed by atoms with Crippen LogP contribution < -0.4 is 5.32 Å². The number of hydrogen-bond acceptors (Lipinski definition) is 3. The number of aromatic nitrogens is 1. The molecule has 0 bridgehead atoms. The summed E-state index contributed by atoms with van der Waals surface area (Å²) in [5.41, 5.74) is 1.27. The molecule has 0 spiro atoms. The number of hydrogen-bond donors (Lipinski definition) is 1. The largest absolute Gasteiger partial charge is 0.359 e. The number of rotatable bonds is 2. The molecule has 0 aliphatic carbocycles. The highest BCUT2D eigenvalue weighted by Crippen LogP contribution is 2.16. The number of carbonyl (C=O) groups excluding carboxylic acids is 1. The molecule has 1 aromatic heterocycles. The van der Waals surface area contributed by atoms with Crippen molar-refractivity contribution in [2.75, 3.05) is 5.32 Å². The van der Waals surface area contributed by atoms with Crippen LogP contribution in [0.1, 0.15) is 11.5 Å². The maximum atomic E-state index is 9.87. The molecule has 0 aliphatic heterocycles. The van der Waals surface area contributed by atoms with Crippen LogP contribution in [0.25, 0.3) is 0 Å². The molecule has 0 fully saturated rings. The Morgan fingerprint density at radius 2 is 2.30 bits per heavy atom. The number of nitrogens with one attached hydrogen (secondary N) is 1. The summed E-state index contributed by atoms with van der Waals surface area (Å²) in [6.07, 6.45) is 1.55. The molecule has 0 atom stereocenters. The maximum Gasteiger partial charge on any atom is 0.314 e. The van der Waals surface area contributed by atoms with E-state index in [4.69, 9.17) is 4.52 Å². The second-order valence-electron chi connectivity index (χ2n) is 1.93. The van der Waals surface area contributed by atoms with Gasteiger partial charge in [0.1, 0.15) is 11.4 Å². The molecule has 10 heavy (non-hydrogen) atoms. The molecule has 0 saturated carbocycles. The molecule has 1 rings (SSSR count). The Balaban J connectivity index is 2.97. The van der Waals surface area contributed by atoms with Gasteiger partial charge in [-0.05, 0) is 13.8 Å². The first-order valence-corrected chi connectivity index (χ1v) is 2.81. The second-order valence-corrected chi connectivity index (χ2v) is 1.93. The molecule has 1 amide bonds. The Kier molecular flexibility index (Phi) is 1.71. The van der Waals surface area contributed by atoms with E-state index in [0.29, 0.717) is 17.1 Å². The smallest absolute Gasteiger partial charge is 0.314 e. The van der Waals surface area contributed by atoms with Crippen molar-refractivity contribution < 1.29 is 9.32 Å². The van der Waals surface area contributed by atoms with Crippen molar-refractivity contribution in [3.05, 3.63) is 11.5 Å². The van der Waals surface area contributed by atoms with Crippen LogP contribution in [-0.2, 0) is 4.79 Å². The second kappa shape index (κ2) is 2.51. The van der Waals surface area contributed by atoms with Crippen LogP contribution in [0.2, 0.25) is 0 Å². The lowest BCUT2D eigenvalue weighted by molar-refractivity contribution is 0.393. The Bertz CT molecular complexity index is 222. The van der Waals surface area contributed by atoms with E-state index in [0.717, 1.165) is 0 Å². The van der Waals surface area contributed by atoms with Crippen molar-refractivity contribution in [2.45, 2.75) is 13.8 Å². The highest BCUT2D eigenvalue weighted by molar-refractivity contribution is 5.73. The van der Waals surface area contributed by atoms with Crippen LogP contribution in [0, 0.1) is 13.8 Å². The minimum Gasteiger partial charge on any atom is -0.359 e. The van der Waals surface area contributed by atoms with Crippen molar-refractivity contribution in [1.82, 2.24) is 5.16 Å². The summed E-state index contributed by atoms with van der Waals surface area (Å²) in [7, 11) is 0. The molecule has 4 nitrogen and oxygen atoms in total. The van der Waals surface area contributed by atoms with Crippen LogP contribution in [0.4, 0.5) is 5.69 Å². The van der Waals surface area contributed by atoms with Gasteiger partial charge in [0.25, 0.3) is 0 Å². The van der Waals surface area contributed by atoms with E-state index in [1.165, 1.54) is 0 Å². The predicted octanol–water partition coefficient (Wildman–Crippen LogP) is 0.771. The van der Waals surface area contributed by atoms with Crippen molar-refractivity contribution in [1.29, 1.82) is 0 Å². The normalized spacial score (nSPS) is 9.40. The van der Waals surface area contributed by atoms with E-state index in [9.17, 15) is 4.79 Å².